The molecule has 25 nitrogen and oxygen atoms in total. The maximum absolute atomic E-state index is 12.6. The number of nitrogens with zero attached hydrogens (tertiary/aromatic N) is 14. The number of carbonyl (C=O) groups is 3. The maximum Gasteiger partial charge on any atom is 0.510 e. The molecule has 3 aliphatic rings. The zero-order valence-electron chi connectivity index (χ0n) is 53.0. The first-order valence-electron chi connectivity index (χ1n) is 29.5. The SMILES string of the molecule is C.C.C.C.CC(C)(C)OC(=O)N1CCc2c(c(-c3ncccn3)nn2COCC[Si](C)(C)C)C1.CC(C)(C)OC(=O)N1CCc2c(c(B(O)O)nn2COCC[Si](C)(C)C)C1.Clc1ncccn1.O=C(Nc1cccc(Cl)c1)N1CCc2[nH]nc(-c3ncccn3)c2C1. The van der Waals surface area contributed by atoms with Crippen molar-refractivity contribution in [1.29, 1.82) is 0 Å². The van der Waals surface area contributed by atoms with Crippen LogP contribution in [0.4, 0.5) is 20.1 Å². The minimum atomic E-state index is -1.69. The van der Waals surface area contributed by atoms with E-state index in [1.807, 2.05) is 46.2 Å². The van der Waals surface area contributed by atoms with E-state index in [1.165, 1.54) is 0 Å². The molecule has 4 amide bonds. The molecule has 1 aromatic carbocycles. The number of benzene rings is 1. The normalized spacial score (nSPS) is 13.3. The lowest BCUT2D eigenvalue weighted by molar-refractivity contribution is 0.0208. The van der Waals surface area contributed by atoms with Crippen molar-refractivity contribution in [3.8, 4) is 23.0 Å². The highest BCUT2D eigenvalue weighted by Gasteiger charge is 2.35. The molecule has 0 spiro atoms. The van der Waals surface area contributed by atoms with Gasteiger partial charge in [-0.25, -0.2) is 53.7 Å². The molecule has 0 saturated heterocycles. The molecular weight excluding hydrogens is 1260 g/mol. The fraction of sp³-hybridized carbons (Fsp3) is 0.524. The lowest BCUT2D eigenvalue weighted by Gasteiger charge is -2.30. The predicted molar refractivity (Wildman–Crippen MR) is 372 cm³/mol. The van der Waals surface area contributed by atoms with E-state index in [1.54, 1.807) is 99.0 Å². The van der Waals surface area contributed by atoms with Gasteiger partial charge in [-0.15, -0.1) is 0 Å². The Hall–Kier alpha value is -7.18. The summed E-state index contributed by atoms with van der Waals surface area (Å²) >= 11 is 11.3. The lowest BCUT2D eigenvalue weighted by Crippen LogP contribution is -2.43. The minimum Gasteiger partial charge on any atom is -0.444 e. The fourth-order valence-corrected chi connectivity index (χ4v) is 11.0. The van der Waals surface area contributed by atoms with E-state index in [0.29, 0.717) is 110 Å². The number of rotatable bonds is 14. The zero-order valence-corrected chi connectivity index (χ0v) is 56.5. The van der Waals surface area contributed by atoms with Gasteiger partial charge in [0.25, 0.3) is 0 Å². The molecule has 10 rings (SSSR count). The molecule has 510 valence electrons. The van der Waals surface area contributed by atoms with Crippen molar-refractivity contribution in [3.63, 3.8) is 0 Å². The first-order valence-corrected chi connectivity index (χ1v) is 37.7. The van der Waals surface area contributed by atoms with Gasteiger partial charge >= 0.3 is 25.3 Å². The van der Waals surface area contributed by atoms with Crippen molar-refractivity contribution < 1.29 is 43.4 Å². The number of hydrogen-bond donors (Lipinski definition) is 4. The highest BCUT2D eigenvalue weighted by molar-refractivity contribution is 6.76. The molecule has 9 heterocycles. The number of nitrogens with one attached hydrogen (secondary N) is 2. The van der Waals surface area contributed by atoms with Crippen LogP contribution in [0.2, 0.25) is 61.7 Å². The molecule has 0 bridgehead atoms. The van der Waals surface area contributed by atoms with Gasteiger partial charge < -0.3 is 49.0 Å². The van der Waals surface area contributed by atoms with Gasteiger partial charge in [0.2, 0.25) is 5.28 Å². The van der Waals surface area contributed by atoms with Gasteiger partial charge in [-0.1, -0.05) is 86.7 Å². The molecule has 93 heavy (non-hydrogen) atoms. The summed E-state index contributed by atoms with van der Waals surface area (Å²) in [5.41, 5.74) is 6.69. The summed E-state index contributed by atoms with van der Waals surface area (Å²) in [7, 11) is -4.01. The predicted octanol–water partition coefficient (Wildman–Crippen LogP) is 11.9. The van der Waals surface area contributed by atoms with Crippen LogP contribution in [0, 0.1) is 0 Å². The second-order valence-electron chi connectivity index (χ2n) is 25.8. The largest absolute Gasteiger partial charge is 0.510 e. The monoisotopic (exact) mass is 1360 g/mol. The van der Waals surface area contributed by atoms with Gasteiger partial charge in [-0.2, -0.15) is 15.3 Å². The van der Waals surface area contributed by atoms with E-state index < -0.39 is 40.6 Å². The Morgan fingerprint density at radius 1 is 0.602 bits per heavy atom. The number of hydrogen-bond acceptors (Lipinski definition) is 18. The maximum atomic E-state index is 12.6. The fourth-order valence-electron chi connectivity index (χ4n) is 9.18. The van der Waals surface area contributed by atoms with E-state index in [0.717, 1.165) is 46.9 Å². The first kappa shape index (κ1) is 80.1. The second kappa shape index (κ2) is 35.9. The van der Waals surface area contributed by atoms with Gasteiger partial charge in [-0.05, 0) is 102 Å². The van der Waals surface area contributed by atoms with Gasteiger partial charge in [0.05, 0.1) is 25.2 Å². The lowest BCUT2D eigenvalue weighted by atomic mass is 9.81. The molecule has 3 aliphatic heterocycles. The summed E-state index contributed by atoms with van der Waals surface area (Å²) < 4.78 is 26.3. The molecule has 4 N–H and O–H groups in total. The molecule has 0 saturated carbocycles. The summed E-state index contributed by atoms with van der Waals surface area (Å²) in [6.45, 7) is 29.8. The molecule has 30 heteroatoms. The standard InChI is InChI=1S/C21H33N5O3Si.C17H32BN3O5Si.C17H15ClN6O.C4H3ClN2.4CH4/c1-21(2,3)29-20(27)25-11-8-17-16(14-25)18(19-22-9-7-10-23-19)24-26(17)15-28-12-13-30(4,5)6;1-17(2,3)26-16(22)20-8-7-14-13(11-20)15(18(23)24)19-21(14)12-25-9-10-27(4,5)6;18-11-3-1-4-12(9-11)21-17(25)24-8-5-14-13(10-24)15(23-22-14)16-19-6-2-7-20-16;5-4-6-2-1-3-7-4;;;;/h7,9-10H,8,11-15H2,1-6H3;23-24H,7-12H2,1-6H3;1-4,6-7,9H,5,8,10H2,(H,21,25)(H,22,23);1-3H;4*1H4. The van der Waals surface area contributed by atoms with E-state index in [9.17, 15) is 24.4 Å². The van der Waals surface area contributed by atoms with Crippen LogP contribution in [-0.2, 0) is 71.3 Å². The number of aromatic amines is 1. The van der Waals surface area contributed by atoms with E-state index in [4.69, 9.17) is 47.2 Å². The number of carbonyl (C=O) groups excluding carboxylic acids is 3. The Morgan fingerprint density at radius 3 is 1.52 bits per heavy atom. The quantitative estimate of drug-likeness (QED) is 0.0447. The van der Waals surface area contributed by atoms with Crippen molar-refractivity contribution in [1.82, 2.24) is 74.4 Å². The third-order valence-electron chi connectivity index (χ3n) is 13.7. The van der Waals surface area contributed by atoms with Crippen molar-refractivity contribution in [3.05, 3.63) is 124 Å². The van der Waals surface area contributed by atoms with E-state index >= 15 is 0 Å². The number of ether oxygens (including phenoxy) is 4. The number of anilines is 1. The Labute approximate surface area is 561 Å². The molecule has 6 aromatic heterocycles. The summed E-state index contributed by atoms with van der Waals surface area (Å²) in [5, 5.41) is 39.6. The Morgan fingerprint density at radius 2 is 1.05 bits per heavy atom. The summed E-state index contributed by atoms with van der Waals surface area (Å²) in [6, 6.07) is 14.3. The third kappa shape index (κ3) is 24.9. The molecular formula is C63H99BCl2N16O9Si2. The Bertz CT molecular complexity index is 3430. The highest BCUT2D eigenvalue weighted by atomic mass is 35.5. The second-order valence-corrected chi connectivity index (χ2v) is 37.8. The van der Waals surface area contributed by atoms with E-state index in [2.05, 4.69) is 89.8 Å². The molecule has 0 atom stereocenters. The first-order chi connectivity index (χ1) is 42.0. The van der Waals surface area contributed by atoms with Gasteiger partial charge in [0.1, 0.15) is 36.1 Å². The number of amides is 4. The van der Waals surface area contributed by atoms with Crippen molar-refractivity contribution in [2.45, 2.75) is 186 Å². The van der Waals surface area contributed by atoms with Crippen LogP contribution in [0.3, 0.4) is 0 Å². The van der Waals surface area contributed by atoms with Crippen molar-refractivity contribution in [2.75, 3.05) is 38.2 Å². The minimum absolute atomic E-state index is 0. The van der Waals surface area contributed by atoms with E-state index in [-0.39, 0.29) is 60.7 Å². The van der Waals surface area contributed by atoms with Crippen LogP contribution in [-0.4, -0.2) is 170 Å². The third-order valence-corrected chi connectivity index (χ3v) is 17.5. The van der Waals surface area contributed by atoms with Crippen LogP contribution in [0.5, 0.6) is 0 Å². The van der Waals surface area contributed by atoms with Gasteiger partial charge in [0.15, 0.2) is 11.6 Å². The summed E-state index contributed by atoms with van der Waals surface area (Å²) in [5.74, 6) is 1.11. The summed E-state index contributed by atoms with van der Waals surface area (Å²) in [4.78, 5) is 67.1. The zero-order chi connectivity index (χ0) is 64.7. The summed E-state index contributed by atoms with van der Waals surface area (Å²) in [6.07, 6.45) is 11.2. The number of aromatic nitrogens is 12. The van der Waals surface area contributed by atoms with Crippen LogP contribution in [0.1, 0.15) is 105 Å². The van der Waals surface area contributed by atoms with Crippen LogP contribution >= 0.6 is 23.2 Å². The molecule has 0 fully saturated rings. The number of halogens is 2. The number of urea groups is 1. The molecule has 0 unspecified atom stereocenters. The number of fused-ring (bicyclic) bond motifs is 3. The van der Waals surface area contributed by atoms with Crippen LogP contribution in [0.25, 0.3) is 23.0 Å². The van der Waals surface area contributed by atoms with Crippen LogP contribution < -0.4 is 10.9 Å². The molecule has 7 aromatic rings. The average Bonchev–Trinajstić information content (AvgIpc) is 1.67. The van der Waals surface area contributed by atoms with Gasteiger partial charge in [-0.3, -0.25) is 5.10 Å². The van der Waals surface area contributed by atoms with Crippen molar-refractivity contribution >= 4 is 76.0 Å². The Balaban J connectivity index is 0.000000339. The Kier molecular flexibility index (Phi) is 30.9. The van der Waals surface area contributed by atoms with Gasteiger partial charge in [0, 0.05) is 150 Å². The molecule has 0 aliphatic carbocycles. The van der Waals surface area contributed by atoms with Crippen LogP contribution in [0.15, 0.2) is 79.6 Å². The topological polar surface area (TPSA) is 292 Å². The number of H-pyrrole nitrogens is 1. The highest BCUT2D eigenvalue weighted by Crippen LogP contribution is 2.31. The molecule has 0 radical (unpaired) electrons. The smallest absolute Gasteiger partial charge is 0.444 e. The van der Waals surface area contributed by atoms with Crippen molar-refractivity contribution in [2.24, 2.45) is 0 Å². The average molecular weight is 1360 g/mol.